The Morgan fingerprint density at radius 1 is 1.00 bits per heavy atom. The SMILES string of the molecule is C=C1CC[C@H](OC(=O)c2ccc(-c3ccccc3)cc2)C1. The van der Waals surface area contributed by atoms with Crippen LogP contribution in [0.25, 0.3) is 11.1 Å². The molecule has 0 saturated heterocycles. The molecular weight excluding hydrogens is 260 g/mol. The molecule has 1 atom stereocenters. The quantitative estimate of drug-likeness (QED) is 0.605. The molecule has 0 bridgehead atoms. The van der Waals surface area contributed by atoms with Crippen molar-refractivity contribution in [2.45, 2.75) is 25.4 Å². The first-order valence-electron chi connectivity index (χ1n) is 7.25. The molecule has 0 spiro atoms. The van der Waals surface area contributed by atoms with Gasteiger partial charge in [-0.2, -0.15) is 0 Å². The summed E-state index contributed by atoms with van der Waals surface area (Å²) in [6.07, 6.45) is 2.66. The summed E-state index contributed by atoms with van der Waals surface area (Å²) >= 11 is 0. The Balaban J connectivity index is 1.69. The van der Waals surface area contributed by atoms with Gasteiger partial charge in [-0.1, -0.05) is 54.6 Å². The monoisotopic (exact) mass is 278 g/mol. The average molecular weight is 278 g/mol. The number of ether oxygens (including phenoxy) is 1. The maximum absolute atomic E-state index is 12.1. The van der Waals surface area contributed by atoms with Gasteiger partial charge in [0.25, 0.3) is 0 Å². The van der Waals surface area contributed by atoms with Crippen LogP contribution >= 0.6 is 0 Å². The number of benzene rings is 2. The topological polar surface area (TPSA) is 26.3 Å². The van der Waals surface area contributed by atoms with Crippen molar-refractivity contribution in [3.8, 4) is 11.1 Å². The molecule has 1 aliphatic carbocycles. The number of carbonyl (C=O) groups excluding carboxylic acids is 1. The van der Waals surface area contributed by atoms with Crippen molar-refractivity contribution in [3.05, 3.63) is 72.3 Å². The summed E-state index contributed by atoms with van der Waals surface area (Å²) in [6.45, 7) is 3.94. The van der Waals surface area contributed by atoms with E-state index >= 15 is 0 Å². The smallest absolute Gasteiger partial charge is 0.338 e. The van der Waals surface area contributed by atoms with E-state index in [2.05, 4.69) is 18.7 Å². The van der Waals surface area contributed by atoms with Gasteiger partial charge in [0.05, 0.1) is 5.56 Å². The number of rotatable bonds is 3. The molecule has 3 rings (SSSR count). The summed E-state index contributed by atoms with van der Waals surface area (Å²) in [5.74, 6) is -0.241. The normalized spacial score (nSPS) is 17.7. The highest BCUT2D eigenvalue weighted by Gasteiger charge is 2.22. The van der Waals surface area contributed by atoms with E-state index in [0.717, 1.165) is 30.4 Å². The molecule has 0 unspecified atom stereocenters. The van der Waals surface area contributed by atoms with Gasteiger partial charge in [0.1, 0.15) is 6.10 Å². The lowest BCUT2D eigenvalue weighted by Gasteiger charge is -2.11. The lowest BCUT2D eigenvalue weighted by Crippen LogP contribution is -2.14. The van der Waals surface area contributed by atoms with Gasteiger partial charge in [-0.05, 0) is 36.1 Å². The van der Waals surface area contributed by atoms with Gasteiger partial charge in [0.2, 0.25) is 0 Å². The van der Waals surface area contributed by atoms with Gasteiger partial charge in [-0.3, -0.25) is 0 Å². The second kappa shape index (κ2) is 5.96. The van der Waals surface area contributed by atoms with Crippen LogP contribution in [0.4, 0.5) is 0 Å². The molecule has 106 valence electrons. The fourth-order valence-electron chi connectivity index (χ4n) is 2.64. The third-order valence-electron chi connectivity index (χ3n) is 3.84. The Hall–Kier alpha value is -2.35. The van der Waals surface area contributed by atoms with Crippen molar-refractivity contribution in [1.82, 2.24) is 0 Å². The molecule has 0 aromatic heterocycles. The van der Waals surface area contributed by atoms with E-state index in [0.29, 0.717) is 5.56 Å². The Bertz CT molecular complexity index is 641. The molecule has 0 aliphatic heterocycles. The van der Waals surface area contributed by atoms with E-state index in [1.165, 1.54) is 5.57 Å². The highest BCUT2D eigenvalue weighted by molar-refractivity contribution is 5.90. The fourth-order valence-corrected chi connectivity index (χ4v) is 2.64. The van der Waals surface area contributed by atoms with Gasteiger partial charge in [0.15, 0.2) is 0 Å². The number of carbonyl (C=O) groups is 1. The molecule has 2 nitrogen and oxygen atoms in total. The van der Waals surface area contributed by atoms with Gasteiger partial charge in [0, 0.05) is 6.42 Å². The average Bonchev–Trinajstić information content (AvgIpc) is 2.93. The minimum absolute atomic E-state index is 0.00111. The van der Waals surface area contributed by atoms with E-state index in [9.17, 15) is 4.79 Å². The zero-order valence-electron chi connectivity index (χ0n) is 11.9. The van der Waals surface area contributed by atoms with E-state index in [-0.39, 0.29) is 12.1 Å². The molecule has 0 heterocycles. The molecule has 21 heavy (non-hydrogen) atoms. The maximum Gasteiger partial charge on any atom is 0.338 e. The zero-order chi connectivity index (χ0) is 14.7. The van der Waals surface area contributed by atoms with Crippen LogP contribution in [0.3, 0.4) is 0 Å². The molecule has 1 fully saturated rings. The van der Waals surface area contributed by atoms with Crippen LogP contribution in [0, 0.1) is 0 Å². The molecule has 0 radical (unpaired) electrons. The second-order valence-electron chi connectivity index (χ2n) is 5.46. The molecule has 2 aromatic carbocycles. The first kappa shape index (κ1) is 13.6. The Morgan fingerprint density at radius 2 is 1.67 bits per heavy atom. The van der Waals surface area contributed by atoms with E-state index in [4.69, 9.17) is 4.74 Å². The van der Waals surface area contributed by atoms with Crippen LogP contribution in [0.5, 0.6) is 0 Å². The van der Waals surface area contributed by atoms with Crippen molar-refractivity contribution >= 4 is 5.97 Å². The molecule has 2 heteroatoms. The molecule has 2 aromatic rings. The fraction of sp³-hybridized carbons (Fsp3) is 0.211. The summed E-state index contributed by atoms with van der Waals surface area (Å²) in [7, 11) is 0. The molecule has 1 saturated carbocycles. The van der Waals surface area contributed by atoms with Crippen LogP contribution < -0.4 is 0 Å². The summed E-state index contributed by atoms with van der Waals surface area (Å²) in [4.78, 5) is 12.1. The van der Waals surface area contributed by atoms with E-state index < -0.39 is 0 Å². The largest absolute Gasteiger partial charge is 0.458 e. The summed E-state index contributed by atoms with van der Waals surface area (Å²) in [5, 5.41) is 0. The lowest BCUT2D eigenvalue weighted by atomic mass is 10.0. The van der Waals surface area contributed by atoms with Crippen LogP contribution in [-0.4, -0.2) is 12.1 Å². The lowest BCUT2D eigenvalue weighted by molar-refractivity contribution is 0.0324. The van der Waals surface area contributed by atoms with E-state index in [1.807, 2.05) is 42.5 Å². The number of hydrogen-bond acceptors (Lipinski definition) is 2. The van der Waals surface area contributed by atoms with Crippen molar-refractivity contribution in [3.63, 3.8) is 0 Å². The van der Waals surface area contributed by atoms with Gasteiger partial charge in [-0.15, -0.1) is 0 Å². The standard InChI is InChI=1S/C19H18O2/c1-14-7-12-18(13-14)21-19(20)17-10-8-16(9-11-17)15-5-3-2-4-6-15/h2-6,8-11,18H,1,7,12-13H2/t18-/m0/s1. The van der Waals surface area contributed by atoms with Crippen LogP contribution in [0.1, 0.15) is 29.6 Å². The zero-order valence-corrected chi connectivity index (χ0v) is 11.9. The summed E-state index contributed by atoms with van der Waals surface area (Å²) in [6, 6.07) is 17.7. The van der Waals surface area contributed by atoms with Crippen molar-refractivity contribution in [2.24, 2.45) is 0 Å². The van der Waals surface area contributed by atoms with E-state index in [1.54, 1.807) is 0 Å². The minimum Gasteiger partial charge on any atom is -0.458 e. The summed E-state index contributed by atoms with van der Waals surface area (Å²) in [5.41, 5.74) is 4.02. The predicted molar refractivity (Wildman–Crippen MR) is 84.1 cm³/mol. The van der Waals surface area contributed by atoms with Crippen LogP contribution in [0.15, 0.2) is 66.7 Å². The van der Waals surface area contributed by atoms with Gasteiger partial charge in [-0.25, -0.2) is 4.79 Å². The van der Waals surface area contributed by atoms with Crippen molar-refractivity contribution in [2.75, 3.05) is 0 Å². The first-order valence-corrected chi connectivity index (χ1v) is 7.25. The summed E-state index contributed by atoms with van der Waals surface area (Å²) < 4.78 is 5.51. The maximum atomic E-state index is 12.1. The highest BCUT2D eigenvalue weighted by Crippen LogP contribution is 2.26. The Labute approximate surface area is 125 Å². The van der Waals surface area contributed by atoms with Crippen molar-refractivity contribution < 1.29 is 9.53 Å². The number of hydrogen-bond donors (Lipinski definition) is 0. The Kier molecular flexibility index (Phi) is 3.87. The second-order valence-corrected chi connectivity index (χ2v) is 5.46. The third-order valence-corrected chi connectivity index (χ3v) is 3.84. The van der Waals surface area contributed by atoms with Gasteiger partial charge < -0.3 is 4.74 Å². The first-order chi connectivity index (χ1) is 10.2. The number of esters is 1. The van der Waals surface area contributed by atoms with Crippen molar-refractivity contribution in [1.29, 1.82) is 0 Å². The molecular formula is C19H18O2. The minimum atomic E-state index is -0.241. The van der Waals surface area contributed by atoms with Gasteiger partial charge >= 0.3 is 5.97 Å². The predicted octanol–water partition coefficient (Wildman–Crippen LogP) is 4.62. The highest BCUT2D eigenvalue weighted by atomic mass is 16.5. The van der Waals surface area contributed by atoms with Crippen LogP contribution in [0.2, 0.25) is 0 Å². The molecule has 1 aliphatic rings. The van der Waals surface area contributed by atoms with Crippen LogP contribution in [-0.2, 0) is 4.74 Å². The molecule has 0 N–H and O–H groups in total. The Morgan fingerprint density at radius 3 is 2.29 bits per heavy atom. The third kappa shape index (κ3) is 3.22. The molecule has 0 amide bonds.